The summed E-state index contributed by atoms with van der Waals surface area (Å²) < 4.78 is 27.1. The van der Waals surface area contributed by atoms with Gasteiger partial charge >= 0.3 is 0 Å². The van der Waals surface area contributed by atoms with Crippen molar-refractivity contribution in [2.24, 2.45) is 0 Å². The summed E-state index contributed by atoms with van der Waals surface area (Å²) in [6, 6.07) is 10.3. The molecule has 1 amide bonds. The highest BCUT2D eigenvalue weighted by atomic mass is 79.9. The molecule has 7 heteroatoms. The van der Waals surface area contributed by atoms with Crippen LogP contribution in [0.1, 0.15) is 35.2 Å². The maximum Gasteiger partial charge on any atom is 0.243 e. The number of carbonyl (C=O) groups is 1. The lowest BCUT2D eigenvalue weighted by atomic mass is 9.96. The molecule has 146 valence electrons. The summed E-state index contributed by atoms with van der Waals surface area (Å²) in [5.74, 6) is -0.344. The zero-order valence-electron chi connectivity index (χ0n) is 16.2. The summed E-state index contributed by atoms with van der Waals surface area (Å²) in [7, 11) is -2.31. The average Bonchev–Trinajstić information content (AvgIpc) is 2.58. The van der Waals surface area contributed by atoms with E-state index in [0.717, 1.165) is 25.5 Å². The third-order valence-electron chi connectivity index (χ3n) is 4.61. The number of halogens is 1. The number of nitrogens with zero attached hydrogens (tertiary/aromatic N) is 1. The van der Waals surface area contributed by atoms with E-state index in [2.05, 4.69) is 40.3 Å². The number of benzene rings is 2. The van der Waals surface area contributed by atoms with Crippen LogP contribution in [0.3, 0.4) is 0 Å². The fourth-order valence-electron chi connectivity index (χ4n) is 2.89. The Morgan fingerprint density at radius 1 is 1.07 bits per heavy atom. The first kappa shape index (κ1) is 21.6. The van der Waals surface area contributed by atoms with Gasteiger partial charge in [-0.25, -0.2) is 8.42 Å². The standard InChI is InChI=1S/C20H25BrN2O3S/c1-13-10-15(3)19(11-14(13)2)16(4)22-20(24)12-23(5)27(25,26)18-8-6-17(21)7-9-18/h6-11,16H,12H2,1-5H3,(H,22,24). The van der Waals surface area contributed by atoms with Gasteiger partial charge in [0.2, 0.25) is 15.9 Å². The average molecular weight is 453 g/mol. The van der Waals surface area contributed by atoms with E-state index in [-0.39, 0.29) is 23.4 Å². The van der Waals surface area contributed by atoms with Crippen LogP contribution in [0.5, 0.6) is 0 Å². The Balaban J connectivity index is 2.08. The number of amides is 1. The van der Waals surface area contributed by atoms with Crippen LogP contribution in [-0.2, 0) is 14.8 Å². The highest BCUT2D eigenvalue weighted by molar-refractivity contribution is 9.10. The van der Waals surface area contributed by atoms with Gasteiger partial charge in [0.1, 0.15) is 0 Å². The highest BCUT2D eigenvalue weighted by Crippen LogP contribution is 2.22. The van der Waals surface area contributed by atoms with Gasteiger partial charge in [-0.15, -0.1) is 0 Å². The zero-order valence-corrected chi connectivity index (χ0v) is 18.6. The maximum absolute atomic E-state index is 12.6. The van der Waals surface area contributed by atoms with E-state index in [9.17, 15) is 13.2 Å². The van der Waals surface area contributed by atoms with Crippen LogP contribution < -0.4 is 5.32 Å². The number of hydrogen-bond acceptors (Lipinski definition) is 3. The molecule has 0 radical (unpaired) electrons. The van der Waals surface area contributed by atoms with E-state index in [0.29, 0.717) is 0 Å². The van der Waals surface area contributed by atoms with Gasteiger partial charge in [-0.2, -0.15) is 4.31 Å². The summed E-state index contributed by atoms with van der Waals surface area (Å²) >= 11 is 3.28. The zero-order chi connectivity index (χ0) is 20.4. The summed E-state index contributed by atoms with van der Waals surface area (Å²) in [6.07, 6.45) is 0. The molecule has 0 heterocycles. The molecule has 0 aliphatic rings. The molecular formula is C20H25BrN2O3S. The monoisotopic (exact) mass is 452 g/mol. The van der Waals surface area contributed by atoms with Crippen LogP contribution in [0, 0.1) is 20.8 Å². The molecule has 1 unspecified atom stereocenters. The summed E-state index contributed by atoms with van der Waals surface area (Å²) in [5.41, 5.74) is 4.49. The molecule has 1 atom stereocenters. The van der Waals surface area contributed by atoms with Crippen molar-refractivity contribution in [3.8, 4) is 0 Å². The number of rotatable bonds is 6. The summed E-state index contributed by atoms with van der Waals surface area (Å²) in [4.78, 5) is 12.6. The molecule has 0 saturated carbocycles. The van der Waals surface area contributed by atoms with Crippen molar-refractivity contribution in [2.45, 2.75) is 38.6 Å². The fraction of sp³-hybridized carbons (Fsp3) is 0.350. The Morgan fingerprint density at radius 3 is 2.22 bits per heavy atom. The quantitative estimate of drug-likeness (QED) is 0.722. The van der Waals surface area contributed by atoms with Crippen LogP contribution in [0.4, 0.5) is 0 Å². The molecule has 2 aromatic rings. The number of nitrogens with one attached hydrogen (secondary N) is 1. The Hall–Kier alpha value is -1.70. The Morgan fingerprint density at radius 2 is 1.63 bits per heavy atom. The van der Waals surface area contributed by atoms with Crippen LogP contribution in [-0.4, -0.2) is 32.2 Å². The first-order chi connectivity index (χ1) is 12.5. The van der Waals surface area contributed by atoms with Crippen LogP contribution in [0.2, 0.25) is 0 Å². The second-order valence-corrected chi connectivity index (χ2v) is 9.76. The lowest BCUT2D eigenvalue weighted by molar-refractivity contribution is -0.121. The third-order valence-corrected chi connectivity index (χ3v) is 6.96. The smallest absolute Gasteiger partial charge is 0.243 e. The van der Waals surface area contributed by atoms with E-state index in [1.807, 2.05) is 20.8 Å². The molecule has 0 saturated heterocycles. The van der Waals surface area contributed by atoms with Crippen molar-refractivity contribution in [3.63, 3.8) is 0 Å². The van der Waals surface area contributed by atoms with Gasteiger partial charge in [-0.1, -0.05) is 28.1 Å². The molecule has 0 aliphatic heterocycles. The topological polar surface area (TPSA) is 66.5 Å². The molecule has 2 rings (SSSR count). The van der Waals surface area contributed by atoms with Gasteiger partial charge in [0.05, 0.1) is 17.5 Å². The summed E-state index contributed by atoms with van der Waals surface area (Å²) in [5, 5.41) is 2.89. The van der Waals surface area contributed by atoms with Crippen molar-refractivity contribution < 1.29 is 13.2 Å². The predicted molar refractivity (Wildman–Crippen MR) is 111 cm³/mol. The van der Waals surface area contributed by atoms with E-state index >= 15 is 0 Å². The Bertz CT molecular complexity index is 940. The minimum Gasteiger partial charge on any atom is -0.348 e. The molecule has 1 N–H and O–H groups in total. The van der Waals surface area contributed by atoms with E-state index < -0.39 is 10.0 Å². The van der Waals surface area contributed by atoms with Gasteiger partial charge < -0.3 is 5.32 Å². The van der Waals surface area contributed by atoms with E-state index in [4.69, 9.17) is 0 Å². The second-order valence-electron chi connectivity index (χ2n) is 6.80. The first-order valence-electron chi connectivity index (χ1n) is 8.61. The molecule has 2 aromatic carbocycles. The van der Waals surface area contributed by atoms with Crippen molar-refractivity contribution >= 4 is 31.9 Å². The lowest BCUT2D eigenvalue weighted by Crippen LogP contribution is -2.39. The van der Waals surface area contributed by atoms with Gasteiger partial charge in [0, 0.05) is 11.5 Å². The van der Waals surface area contributed by atoms with Crippen molar-refractivity contribution in [1.29, 1.82) is 0 Å². The number of aryl methyl sites for hydroxylation is 3. The van der Waals surface area contributed by atoms with Crippen molar-refractivity contribution in [2.75, 3.05) is 13.6 Å². The fourth-order valence-corrected chi connectivity index (χ4v) is 4.28. The number of hydrogen-bond donors (Lipinski definition) is 1. The van der Waals surface area contributed by atoms with Crippen LogP contribution in [0.25, 0.3) is 0 Å². The predicted octanol–water partition coefficient (Wildman–Crippen LogP) is 3.87. The Kier molecular flexibility index (Phi) is 6.83. The van der Waals surface area contributed by atoms with Crippen LogP contribution >= 0.6 is 15.9 Å². The van der Waals surface area contributed by atoms with Gasteiger partial charge in [-0.3, -0.25) is 4.79 Å². The number of carbonyl (C=O) groups excluding carboxylic acids is 1. The SMILES string of the molecule is Cc1cc(C)c(C(C)NC(=O)CN(C)S(=O)(=O)c2ccc(Br)cc2)cc1C. The normalized spacial score (nSPS) is 12.9. The highest BCUT2D eigenvalue weighted by Gasteiger charge is 2.23. The minimum absolute atomic E-state index is 0.152. The molecular weight excluding hydrogens is 428 g/mol. The molecule has 5 nitrogen and oxygen atoms in total. The molecule has 0 fully saturated rings. The second kappa shape index (κ2) is 8.54. The first-order valence-corrected chi connectivity index (χ1v) is 10.8. The van der Waals surface area contributed by atoms with Gasteiger partial charge in [-0.05, 0) is 74.2 Å². The van der Waals surface area contributed by atoms with Crippen molar-refractivity contribution in [3.05, 3.63) is 63.1 Å². The van der Waals surface area contributed by atoms with E-state index in [1.54, 1.807) is 12.1 Å². The van der Waals surface area contributed by atoms with Crippen molar-refractivity contribution in [1.82, 2.24) is 9.62 Å². The lowest BCUT2D eigenvalue weighted by Gasteiger charge is -2.21. The number of likely N-dealkylation sites (N-methyl/N-ethyl adjacent to an activating group) is 1. The molecule has 0 spiro atoms. The molecule has 27 heavy (non-hydrogen) atoms. The maximum atomic E-state index is 12.6. The van der Waals surface area contributed by atoms with Gasteiger partial charge in [0.15, 0.2) is 0 Å². The van der Waals surface area contributed by atoms with E-state index in [1.165, 1.54) is 24.7 Å². The molecule has 0 bridgehead atoms. The molecule has 0 aromatic heterocycles. The third kappa shape index (κ3) is 5.18. The molecule has 0 aliphatic carbocycles. The number of sulfonamides is 1. The Labute approximate surface area is 170 Å². The van der Waals surface area contributed by atoms with Crippen LogP contribution in [0.15, 0.2) is 45.8 Å². The largest absolute Gasteiger partial charge is 0.348 e. The van der Waals surface area contributed by atoms with Gasteiger partial charge in [0.25, 0.3) is 0 Å². The minimum atomic E-state index is -3.72. The summed E-state index contributed by atoms with van der Waals surface area (Å²) in [6.45, 7) is 7.75.